The van der Waals surface area contributed by atoms with Crippen molar-refractivity contribution >= 4 is 27.6 Å². The number of carbonyl (C=O) groups excluding carboxylic acids is 1. The summed E-state index contributed by atoms with van der Waals surface area (Å²) < 4.78 is 5.96. The number of benzene rings is 1. The van der Waals surface area contributed by atoms with Gasteiger partial charge in [-0.1, -0.05) is 0 Å². The van der Waals surface area contributed by atoms with Gasteiger partial charge < -0.3 is 9.64 Å². The van der Waals surface area contributed by atoms with Gasteiger partial charge in [0.1, 0.15) is 0 Å². The molecule has 1 atom stereocenters. The highest BCUT2D eigenvalue weighted by atomic mass is 79.9. The molecule has 98 valence electrons. The molecule has 0 bridgehead atoms. The minimum atomic E-state index is -0.265. The molecule has 1 aliphatic heterocycles. The van der Waals surface area contributed by atoms with E-state index >= 15 is 0 Å². The Kier molecular flexibility index (Phi) is 4.27. The molecule has 3 nitrogen and oxygen atoms in total. The summed E-state index contributed by atoms with van der Waals surface area (Å²) >= 11 is 3.55. The first-order chi connectivity index (χ1) is 8.63. The monoisotopic (exact) mass is 311 g/mol. The van der Waals surface area contributed by atoms with Gasteiger partial charge in [0.25, 0.3) is 0 Å². The van der Waals surface area contributed by atoms with E-state index in [-0.39, 0.29) is 5.97 Å². The average molecular weight is 312 g/mol. The fourth-order valence-electron chi connectivity index (χ4n) is 2.37. The van der Waals surface area contributed by atoms with Crippen molar-refractivity contribution in [3.63, 3.8) is 0 Å². The van der Waals surface area contributed by atoms with Gasteiger partial charge in [0, 0.05) is 17.1 Å². The Hall–Kier alpha value is -1.03. The first-order valence-electron chi connectivity index (χ1n) is 6.36. The maximum absolute atomic E-state index is 11.6. The fourth-order valence-corrected chi connectivity index (χ4v) is 2.98. The fraction of sp³-hybridized carbons (Fsp3) is 0.500. The quantitative estimate of drug-likeness (QED) is 0.799. The second kappa shape index (κ2) is 5.74. The molecule has 0 radical (unpaired) electrons. The van der Waals surface area contributed by atoms with Gasteiger partial charge in [-0.05, 0) is 60.8 Å². The van der Waals surface area contributed by atoms with Crippen LogP contribution in [0.3, 0.4) is 0 Å². The van der Waals surface area contributed by atoms with Crippen molar-refractivity contribution in [3.8, 4) is 0 Å². The molecular weight excluding hydrogens is 294 g/mol. The molecule has 0 unspecified atom stereocenters. The van der Waals surface area contributed by atoms with Gasteiger partial charge in [0.05, 0.1) is 17.9 Å². The van der Waals surface area contributed by atoms with Crippen LogP contribution in [0.5, 0.6) is 0 Å². The molecule has 0 N–H and O–H groups in total. The van der Waals surface area contributed by atoms with E-state index < -0.39 is 0 Å². The highest BCUT2D eigenvalue weighted by Crippen LogP contribution is 2.32. The molecule has 1 saturated heterocycles. The van der Waals surface area contributed by atoms with E-state index in [4.69, 9.17) is 4.74 Å². The third-order valence-corrected chi connectivity index (χ3v) is 3.96. The van der Waals surface area contributed by atoms with Crippen LogP contribution in [0.2, 0.25) is 0 Å². The van der Waals surface area contributed by atoms with Crippen LogP contribution < -0.4 is 4.90 Å². The number of hydrogen-bond acceptors (Lipinski definition) is 3. The number of ether oxygens (including phenoxy) is 1. The van der Waals surface area contributed by atoms with E-state index in [1.54, 1.807) is 0 Å². The van der Waals surface area contributed by atoms with E-state index in [9.17, 15) is 4.79 Å². The lowest BCUT2D eigenvalue weighted by molar-refractivity contribution is 0.0526. The number of nitrogens with zero attached hydrogens (tertiary/aromatic N) is 1. The molecule has 1 fully saturated rings. The second-order valence-corrected chi connectivity index (χ2v) is 5.43. The van der Waals surface area contributed by atoms with Crippen LogP contribution in [0.25, 0.3) is 0 Å². The minimum Gasteiger partial charge on any atom is -0.462 e. The van der Waals surface area contributed by atoms with Crippen LogP contribution >= 0.6 is 15.9 Å². The Morgan fingerprint density at radius 2 is 2.33 bits per heavy atom. The molecule has 1 aromatic carbocycles. The van der Waals surface area contributed by atoms with Crippen molar-refractivity contribution in [3.05, 3.63) is 28.2 Å². The number of anilines is 1. The summed E-state index contributed by atoms with van der Waals surface area (Å²) in [4.78, 5) is 14.0. The molecule has 1 aromatic rings. The molecule has 4 heteroatoms. The predicted molar refractivity (Wildman–Crippen MR) is 76.1 cm³/mol. The third kappa shape index (κ3) is 2.69. The zero-order chi connectivity index (χ0) is 13.1. The van der Waals surface area contributed by atoms with E-state index in [0.717, 1.165) is 16.7 Å². The Bertz CT molecular complexity index is 447. The predicted octanol–water partition coefficient (Wildman–Crippen LogP) is 3.61. The summed E-state index contributed by atoms with van der Waals surface area (Å²) in [7, 11) is 0. The minimum absolute atomic E-state index is 0.265. The van der Waals surface area contributed by atoms with Gasteiger partial charge >= 0.3 is 5.97 Å². The summed E-state index contributed by atoms with van der Waals surface area (Å²) in [5, 5.41) is 0. The summed E-state index contributed by atoms with van der Waals surface area (Å²) in [5.74, 6) is -0.265. The Balaban J connectivity index is 2.22. The van der Waals surface area contributed by atoms with Crippen molar-refractivity contribution in [2.24, 2.45) is 0 Å². The SMILES string of the molecule is CCOC(=O)c1ccc(N2CCC[C@@H]2C)c(Br)c1. The summed E-state index contributed by atoms with van der Waals surface area (Å²) in [5.41, 5.74) is 1.76. The van der Waals surface area contributed by atoms with E-state index in [1.807, 2.05) is 25.1 Å². The molecule has 0 aromatic heterocycles. The number of halogens is 1. The Morgan fingerprint density at radius 1 is 1.56 bits per heavy atom. The van der Waals surface area contributed by atoms with Gasteiger partial charge in [-0.15, -0.1) is 0 Å². The van der Waals surface area contributed by atoms with Gasteiger partial charge in [0.15, 0.2) is 0 Å². The number of esters is 1. The molecule has 0 amide bonds. The number of rotatable bonds is 3. The average Bonchev–Trinajstić information content (AvgIpc) is 2.75. The molecule has 0 aliphatic carbocycles. The van der Waals surface area contributed by atoms with Gasteiger partial charge in [-0.2, -0.15) is 0 Å². The molecule has 2 rings (SSSR count). The maximum atomic E-state index is 11.6. The second-order valence-electron chi connectivity index (χ2n) is 4.57. The van der Waals surface area contributed by atoms with Gasteiger partial charge in [-0.25, -0.2) is 4.79 Å². The lowest BCUT2D eigenvalue weighted by Gasteiger charge is -2.25. The van der Waals surface area contributed by atoms with E-state index in [2.05, 4.69) is 27.8 Å². The van der Waals surface area contributed by atoms with Crippen molar-refractivity contribution in [1.29, 1.82) is 0 Å². The zero-order valence-corrected chi connectivity index (χ0v) is 12.4. The standard InChI is InChI=1S/C14H18BrNO2/c1-3-18-14(17)11-6-7-13(12(15)9-11)16-8-4-5-10(16)2/h6-7,9-10H,3-5,8H2,1-2H3/t10-/m0/s1. The van der Waals surface area contributed by atoms with Crippen molar-refractivity contribution in [1.82, 2.24) is 0 Å². The number of carbonyl (C=O) groups is 1. The molecular formula is C14H18BrNO2. The summed E-state index contributed by atoms with van der Waals surface area (Å²) in [6.45, 7) is 5.53. The topological polar surface area (TPSA) is 29.5 Å². The largest absolute Gasteiger partial charge is 0.462 e. The molecule has 1 heterocycles. The van der Waals surface area contributed by atoms with Crippen LogP contribution in [-0.2, 0) is 4.74 Å². The third-order valence-electron chi connectivity index (χ3n) is 3.32. The lowest BCUT2D eigenvalue weighted by atomic mass is 10.2. The van der Waals surface area contributed by atoms with Crippen molar-refractivity contribution in [2.45, 2.75) is 32.7 Å². The molecule has 1 aliphatic rings. The maximum Gasteiger partial charge on any atom is 0.338 e. The van der Waals surface area contributed by atoms with Crippen molar-refractivity contribution in [2.75, 3.05) is 18.1 Å². The molecule has 18 heavy (non-hydrogen) atoms. The Morgan fingerprint density at radius 3 is 2.89 bits per heavy atom. The van der Waals surface area contributed by atoms with E-state index in [1.165, 1.54) is 12.8 Å². The summed E-state index contributed by atoms with van der Waals surface area (Å²) in [6.07, 6.45) is 2.46. The van der Waals surface area contributed by atoms with Crippen LogP contribution in [0, 0.1) is 0 Å². The first-order valence-corrected chi connectivity index (χ1v) is 7.16. The first kappa shape index (κ1) is 13.4. The summed E-state index contributed by atoms with van der Waals surface area (Å²) in [6, 6.07) is 6.24. The van der Waals surface area contributed by atoms with Gasteiger partial charge in [0.2, 0.25) is 0 Å². The zero-order valence-electron chi connectivity index (χ0n) is 10.8. The molecule has 0 spiro atoms. The molecule has 0 saturated carbocycles. The number of hydrogen-bond donors (Lipinski definition) is 0. The lowest BCUT2D eigenvalue weighted by Crippen LogP contribution is -2.26. The van der Waals surface area contributed by atoms with Crippen molar-refractivity contribution < 1.29 is 9.53 Å². The van der Waals surface area contributed by atoms with Gasteiger partial charge in [-0.3, -0.25) is 0 Å². The normalized spacial score (nSPS) is 19.1. The Labute approximate surface area is 116 Å². The van der Waals surface area contributed by atoms with Crippen LogP contribution in [0.1, 0.15) is 37.0 Å². The van der Waals surface area contributed by atoms with Crippen LogP contribution in [0.4, 0.5) is 5.69 Å². The highest BCUT2D eigenvalue weighted by Gasteiger charge is 2.22. The van der Waals surface area contributed by atoms with E-state index in [0.29, 0.717) is 18.2 Å². The highest BCUT2D eigenvalue weighted by molar-refractivity contribution is 9.10. The van der Waals surface area contributed by atoms with Crippen LogP contribution in [0.15, 0.2) is 22.7 Å². The smallest absolute Gasteiger partial charge is 0.338 e. The van der Waals surface area contributed by atoms with Crippen LogP contribution in [-0.4, -0.2) is 25.2 Å².